The Morgan fingerprint density at radius 2 is 2.00 bits per heavy atom. The monoisotopic (exact) mass is 276 g/mol. The predicted octanol–water partition coefficient (Wildman–Crippen LogP) is 3.64. The lowest BCUT2D eigenvalue weighted by Gasteiger charge is -2.13. The van der Waals surface area contributed by atoms with E-state index in [-0.39, 0.29) is 0 Å². The van der Waals surface area contributed by atoms with Crippen LogP contribution >= 0.6 is 11.6 Å². The number of nitrogens with zero attached hydrogens (tertiary/aromatic N) is 2. The van der Waals surface area contributed by atoms with Gasteiger partial charge in [0, 0.05) is 12.0 Å². The Morgan fingerprint density at radius 3 is 2.63 bits per heavy atom. The van der Waals surface area contributed by atoms with Gasteiger partial charge in [-0.15, -0.1) is 0 Å². The first-order valence-electron chi connectivity index (χ1n) is 6.17. The SMILES string of the molecule is CCc1nc(N)c(C)c(Nc2ccc(C)cc2Cl)n1. The van der Waals surface area contributed by atoms with Crippen LogP contribution in [-0.4, -0.2) is 9.97 Å². The maximum absolute atomic E-state index is 6.21. The molecule has 0 spiro atoms. The Hall–Kier alpha value is -1.81. The zero-order valence-corrected chi connectivity index (χ0v) is 12.0. The Labute approximate surface area is 118 Å². The lowest BCUT2D eigenvalue weighted by molar-refractivity contribution is 0.940. The molecule has 1 aromatic heterocycles. The molecule has 4 nitrogen and oxygen atoms in total. The molecule has 5 heteroatoms. The fraction of sp³-hybridized carbons (Fsp3) is 0.286. The molecule has 2 rings (SSSR count). The van der Waals surface area contributed by atoms with Crippen molar-refractivity contribution in [3.63, 3.8) is 0 Å². The Balaban J connectivity index is 2.40. The Kier molecular flexibility index (Phi) is 3.90. The smallest absolute Gasteiger partial charge is 0.139 e. The van der Waals surface area contributed by atoms with E-state index >= 15 is 0 Å². The largest absolute Gasteiger partial charge is 0.383 e. The highest BCUT2D eigenvalue weighted by atomic mass is 35.5. The molecule has 1 heterocycles. The van der Waals surface area contributed by atoms with Gasteiger partial charge < -0.3 is 11.1 Å². The molecule has 1 aromatic carbocycles. The summed E-state index contributed by atoms with van der Waals surface area (Å²) in [4.78, 5) is 8.67. The summed E-state index contributed by atoms with van der Waals surface area (Å²) in [6.07, 6.45) is 0.737. The van der Waals surface area contributed by atoms with Gasteiger partial charge in [-0.2, -0.15) is 0 Å². The second-order valence-corrected chi connectivity index (χ2v) is 4.87. The molecule has 3 N–H and O–H groups in total. The van der Waals surface area contributed by atoms with E-state index in [9.17, 15) is 0 Å². The highest BCUT2D eigenvalue weighted by molar-refractivity contribution is 6.33. The van der Waals surface area contributed by atoms with Crippen LogP contribution in [0.1, 0.15) is 23.9 Å². The van der Waals surface area contributed by atoms with E-state index in [2.05, 4.69) is 15.3 Å². The molecule has 0 aliphatic carbocycles. The first-order valence-corrected chi connectivity index (χ1v) is 6.55. The van der Waals surface area contributed by atoms with Crippen LogP contribution in [0.4, 0.5) is 17.3 Å². The van der Waals surface area contributed by atoms with Crippen molar-refractivity contribution in [1.29, 1.82) is 0 Å². The van der Waals surface area contributed by atoms with Gasteiger partial charge in [-0.25, -0.2) is 9.97 Å². The zero-order valence-electron chi connectivity index (χ0n) is 11.3. The molecule has 0 bridgehead atoms. The Bertz CT molecular complexity index is 611. The van der Waals surface area contributed by atoms with Crippen LogP contribution < -0.4 is 11.1 Å². The summed E-state index contributed by atoms with van der Waals surface area (Å²) < 4.78 is 0. The number of rotatable bonds is 3. The van der Waals surface area contributed by atoms with E-state index < -0.39 is 0 Å². The molecule has 0 radical (unpaired) electrons. The third-order valence-electron chi connectivity index (χ3n) is 2.92. The molecule has 0 amide bonds. The standard InChI is InChI=1S/C14H17ClN4/c1-4-12-18-13(16)9(3)14(19-12)17-11-6-5-8(2)7-10(11)15/h5-7H,4H2,1-3H3,(H3,16,17,18,19). The van der Waals surface area contributed by atoms with Gasteiger partial charge in [-0.05, 0) is 31.5 Å². The minimum Gasteiger partial charge on any atom is -0.383 e. The molecule has 0 saturated heterocycles. The summed E-state index contributed by atoms with van der Waals surface area (Å²) in [5.74, 6) is 1.92. The van der Waals surface area contributed by atoms with Crippen LogP contribution in [0.2, 0.25) is 5.02 Å². The lowest BCUT2D eigenvalue weighted by Crippen LogP contribution is -2.06. The molecule has 100 valence electrons. The number of hydrogen-bond donors (Lipinski definition) is 2. The van der Waals surface area contributed by atoms with Crippen molar-refractivity contribution < 1.29 is 0 Å². The summed E-state index contributed by atoms with van der Waals surface area (Å²) in [6, 6.07) is 5.83. The third kappa shape index (κ3) is 2.96. The fourth-order valence-electron chi connectivity index (χ4n) is 1.71. The van der Waals surface area contributed by atoms with E-state index in [1.165, 1.54) is 0 Å². The molecular formula is C14H17ClN4. The van der Waals surface area contributed by atoms with Crippen LogP contribution in [0.25, 0.3) is 0 Å². The molecule has 0 aliphatic heterocycles. The highest BCUT2D eigenvalue weighted by Gasteiger charge is 2.09. The second kappa shape index (κ2) is 5.45. The van der Waals surface area contributed by atoms with Gasteiger partial charge in [0.15, 0.2) is 0 Å². The van der Waals surface area contributed by atoms with Crippen molar-refractivity contribution in [1.82, 2.24) is 9.97 Å². The minimum atomic E-state index is 0.498. The third-order valence-corrected chi connectivity index (χ3v) is 3.24. The summed E-state index contributed by atoms with van der Waals surface area (Å²) in [6.45, 7) is 5.88. The van der Waals surface area contributed by atoms with Crippen LogP contribution in [0.3, 0.4) is 0 Å². The van der Waals surface area contributed by atoms with E-state index in [0.29, 0.717) is 22.5 Å². The van der Waals surface area contributed by atoms with Gasteiger partial charge in [0.25, 0.3) is 0 Å². The van der Waals surface area contributed by atoms with Crippen molar-refractivity contribution in [2.45, 2.75) is 27.2 Å². The molecule has 0 fully saturated rings. The summed E-state index contributed by atoms with van der Waals surface area (Å²) in [5.41, 5.74) is 8.65. The normalized spacial score (nSPS) is 10.5. The van der Waals surface area contributed by atoms with E-state index in [0.717, 1.165) is 23.2 Å². The molecule has 0 unspecified atom stereocenters. The second-order valence-electron chi connectivity index (χ2n) is 4.46. The first-order chi connectivity index (χ1) is 9.01. The lowest BCUT2D eigenvalue weighted by atomic mass is 10.2. The Morgan fingerprint density at radius 1 is 1.26 bits per heavy atom. The fourth-order valence-corrected chi connectivity index (χ4v) is 1.99. The topological polar surface area (TPSA) is 63.8 Å². The van der Waals surface area contributed by atoms with Gasteiger partial charge in [0.05, 0.1) is 10.7 Å². The number of anilines is 3. The van der Waals surface area contributed by atoms with Gasteiger partial charge in [-0.1, -0.05) is 24.6 Å². The van der Waals surface area contributed by atoms with Gasteiger partial charge in [-0.3, -0.25) is 0 Å². The number of nitrogen functional groups attached to an aromatic ring is 1. The molecule has 2 aromatic rings. The molecule has 0 saturated carbocycles. The number of hydrogen-bond acceptors (Lipinski definition) is 4. The first kappa shape index (κ1) is 13.6. The van der Waals surface area contributed by atoms with Crippen LogP contribution in [0.15, 0.2) is 18.2 Å². The quantitative estimate of drug-likeness (QED) is 0.898. The van der Waals surface area contributed by atoms with E-state index in [1.54, 1.807) is 0 Å². The molecule has 0 atom stereocenters. The van der Waals surface area contributed by atoms with E-state index in [4.69, 9.17) is 17.3 Å². The zero-order chi connectivity index (χ0) is 14.0. The molecule has 0 aliphatic rings. The number of nitrogens with two attached hydrogens (primary N) is 1. The van der Waals surface area contributed by atoms with Crippen molar-refractivity contribution >= 4 is 28.9 Å². The number of benzene rings is 1. The molecular weight excluding hydrogens is 260 g/mol. The van der Waals surface area contributed by atoms with E-state index in [1.807, 2.05) is 39.0 Å². The van der Waals surface area contributed by atoms with Crippen molar-refractivity contribution in [2.24, 2.45) is 0 Å². The summed E-state index contributed by atoms with van der Waals surface area (Å²) >= 11 is 6.21. The van der Waals surface area contributed by atoms with Crippen molar-refractivity contribution in [2.75, 3.05) is 11.1 Å². The van der Waals surface area contributed by atoms with Crippen LogP contribution in [0.5, 0.6) is 0 Å². The molecule has 19 heavy (non-hydrogen) atoms. The summed E-state index contributed by atoms with van der Waals surface area (Å²) in [7, 11) is 0. The van der Waals surface area contributed by atoms with Crippen molar-refractivity contribution in [3.8, 4) is 0 Å². The van der Waals surface area contributed by atoms with Crippen LogP contribution in [0, 0.1) is 13.8 Å². The number of nitrogens with one attached hydrogen (secondary N) is 1. The van der Waals surface area contributed by atoms with Crippen molar-refractivity contribution in [3.05, 3.63) is 40.2 Å². The van der Waals surface area contributed by atoms with Crippen LogP contribution in [-0.2, 0) is 6.42 Å². The number of halogens is 1. The van der Waals surface area contributed by atoms with Gasteiger partial charge >= 0.3 is 0 Å². The minimum absolute atomic E-state index is 0.498. The number of aryl methyl sites for hydroxylation is 2. The highest BCUT2D eigenvalue weighted by Crippen LogP contribution is 2.28. The maximum Gasteiger partial charge on any atom is 0.139 e. The van der Waals surface area contributed by atoms with Gasteiger partial charge in [0.1, 0.15) is 17.5 Å². The predicted molar refractivity (Wildman–Crippen MR) is 80.0 cm³/mol. The average Bonchev–Trinajstić information content (AvgIpc) is 2.37. The summed E-state index contributed by atoms with van der Waals surface area (Å²) in [5, 5.41) is 3.88. The maximum atomic E-state index is 6.21. The number of aromatic nitrogens is 2. The average molecular weight is 277 g/mol. The van der Waals surface area contributed by atoms with Gasteiger partial charge in [0.2, 0.25) is 0 Å².